The zero-order valence-electron chi connectivity index (χ0n) is 10.1. The fourth-order valence-corrected chi connectivity index (χ4v) is 2.03. The highest BCUT2D eigenvalue weighted by atomic mass is 16.2. The molecule has 4 nitrogen and oxygen atoms in total. The summed E-state index contributed by atoms with van der Waals surface area (Å²) in [5, 5.41) is 6.20. The third kappa shape index (κ3) is 3.20. The first-order chi connectivity index (χ1) is 8.27. The lowest BCUT2D eigenvalue weighted by Gasteiger charge is -2.24. The van der Waals surface area contributed by atoms with Gasteiger partial charge in [0, 0.05) is 26.2 Å². The number of hydrogen-bond acceptors (Lipinski definition) is 2. The second-order valence-electron chi connectivity index (χ2n) is 4.40. The summed E-state index contributed by atoms with van der Waals surface area (Å²) in [7, 11) is 1.86. The highest BCUT2D eigenvalue weighted by Gasteiger charge is 2.22. The Kier molecular flexibility index (Phi) is 3.98. The topological polar surface area (TPSA) is 44.4 Å². The van der Waals surface area contributed by atoms with E-state index in [1.165, 1.54) is 0 Å². The molecule has 0 bridgehead atoms. The van der Waals surface area contributed by atoms with Crippen LogP contribution < -0.4 is 10.6 Å². The van der Waals surface area contributed by atoms with Crippen LogP contribution in [0.4, 0.5) is 4.79 Å². The Hall–Kier alpha value is -1.55. The van der Waals surface area contributed by atoms with Gasteiger partial charge in [0.15, 0.2) is 0 Å². The van der Waals surface area contributed by atoms with E-state index < -0.39 is 0 Å². The number of carbonyl (C=O) groups is 1. The highest BCUT2D eigenvalue weighted by Crippen LogP contribution is 2.06. The molecule has 1 aromatic rings. The molecule has 0 radical (unpaired) electrons. The molecule has 92 valence electrons. The van der Waals surface area contributed by atoms with Gasteiger partial charge in [-0.05, 0) is 18.5 Å². The Morgan fingerprint density at radius 2 is 2.24 bits per heavy atom. The van der Waals surface area contributed by atoms with Crippen molar-refractivity contribution in [2.45, 2.75) is 19.0 Å². The number of likely N-dealkylation sites (N-methyl/N-ethyl adjacent to an activating group) is 1. The van der Waals surface area contributed by atoms with Crippen LogP contribution >= 0.6 is 0 Å². The molecule has 4 heteroatoms. The standard InChI is InChI=1S/C13H19N3O/c1-16(12-7-8-14-10-12)13(17)15-9-11-5-3-2-4-6-11/h2-6,12,14H,7-10H2,1H3,(H,15,17)/t12-/m0/s1. The average molecular weight is 233 g/mol. The van der Waals surface area contributed by atoms with Crippen molar-refractivity contribution in [1.82, 2.24) is 15.5 Å². The molecule has 0 spiro atoms. The van der Waals surface area contributed by atoms with E-state index in [-0.39, 0.29) is 6.03 Å². The first-order valence-electron chi connectivity index (χ1n) is 6.02. The van der Waals surface area contributed by atoms with Crippen LogP contribution in [0, 0.1) is 0 Å². The van der Waals surface area contributed by atoms with Gasteiger partial charge in [-0.2, -0.15) is 0 Å². The monoisotopic (exact) mass is 233 g/mol. The van der Waals surface area contributed by atoms with E-state index in [1.54, 1.807) is 4.90 Å². The van der Waals surface area contributed by atoms with Crippen LogP contribution in [-0.2, 0) is 6.54 Å². The van der Waals surface area contributed by atoms with E-state index in [0.717, 1.165) is 25.1 Å². The zero-order valence-corrected chi connectivity index (χ0v) is 10.1. The number of benzene rings is 1. The predicted octanol–water partition coefficient (Wildman–Crippen LogP) is 1.19. The average Bonchev–Trinajstić information content (AvgIpc) is 2.90. The Bertz CT molecular complexity index is 360. The Morgan fingerprint density at radius 3 is 2.88 bits per heavy atom. The maximum Gasteiger partial charge on any atom is 0.317 e. The van der Waals surface area contributed by atoms with Crippen molar-refractivity contribution in [3.05, 3.63) is 35.9 Å². The summed E-state index contributed by atoms with van der Waals surface area (Å²) in [6, 6.07) is 10.3. The van der Waals surface area contributed by atoms with Gasteiger partial charge in [-0.15, -0.1) is 0 Å². The lowest BCUT2D eigenvalue weighted by Crippen LogP contribution is -2.44. The van der Waals surface area contributed by atoms with Crippen molar-refractivity contribution >= 4 is 6.03 Å². The van der Waals surface area contributed by atoms with Crippen LogP contribution in [0.2, 0.25) is 0 Å². The van der Waals surface area contributed by atoms with E-state index in [4.69, 9.17) is 0 Å². The van der Waals surface area contributed by atoms with Gasteiger partial charge in [-0.1, -0.05) is 30.3 Å². The third-order valence-corrected chi connectivity index (χ3v) is 3.19. The normalized spacial score (nSPS) is 19.0. The first kappa shape index (κ1) is 11.9. The molecule has 1 aliphatic rings. The molecule has 2 rings (SSSR count). The van der Waals surface area contributed by atoms with Crippen LogP contribution in [0.5, 0.6) is 0 Å². The van der Waals surface area contributed by atoms with Gasteiger partial charge in [0.1, 0.15) is 0 Å². The molecular formula is C13H19N3O. The predicted molar refractivity (Wildman–Crippen MR) is 67.7 cm³/mol. The molecule has 0 saturated carbocycles. The van der Waals surface area contributed by atoms with Crippen LogP contribution in [0.15, 0.2) is 30.3 Å². The van der Waals surface area contributed by atoms with Crippen molar-refractivity contribution < 1.29 is 4.79 Å². The van der Waals surface area contributed by atoms with Crippen molar-refractivity contribution in [1.29, 1.82) is 0 Å². The van der Waals surface area contributed by atoms with E-state index in [1.807, 2.05) is 37.4 Å². The SMILES string of the molecule is CN(C(=O)NCc1ccccc1)[C@H]1CCNC1. The number of nitrogens with zero attached hydrogens (tertiary/aromatic N) is 1. The number of urea groups is 1. The highest BCUT2D eigenvalue weighted by molar-refractivity contribution is 5.74. The molecule has 0 aliphatic carbocycles. The third-order valence-electron chi connectivity index (χ3n) is 3.19. The Labute approximate surface area is 102 Å². The van der Waals surface area contributed by atoms with Gasteiger partial charge < -0.3 is 15.5 Å². The van der Waals surface area contributed by atoms with E-state index >= 15 is 0 Å². The molecule has 1 aliphatic heterocycles. The van der Waals surface area contributed by atoms with Gasteiger partial charge in [-0.3, -0.25) is 0 Å². The molecule has 1 heterocycles. The quantitative estimate of drug-likeness (QED) is 0.823. The molecule has 2 amide bonds. The second kappa shape index (κ2) is 5.68. The largest absolute Gasteiger partial charge is 0.334 e. The Morgan fingerprint density at radius 1 is 1.47 bits per heavy atom. The number of hydrogen-bond donors (Lipinski definition) is 2. The summed E-state index contributed by atoms with van der Waals surface area (Å²) in [5.74, 6) is 0. The van der Waals surface area contributed by atoms with Crippen molar-refractivity contribution in [3.8, 4) is 0 Å². The van der Waals surface area contributed by atoms with Crippen LogP contribution in [0.25, 0.3) is 0 Å². The molecule has 2 N–H and O–H groups in total. The van der Waals surface area contributed by atoms with E-state index in [2.05, 4.69) is 10.6 Å². The zero-order chi connectivity index (χ0) is 12.1. The van der Waals surface area contributed by atoms with E-state index in [0.29, 0.717) is 12.6 Å². The minimum absolute atomic E-state index is 0.00236. The first-order valence-corrected chi connectivity index (χ1v) is 6.02. The lowest BCUT2D eigenvalue weighted by atomic mass is 10.2. The molecule has 1 aromatic carbocycles. The lowest BCUT2D eigenvalue weighted by molar-refractivity contribution is 0.193. The summed E-state index contributed by atoms with van der Waals surface area (Å²) in [6.45, 7) is 2.49. The smallest absolute Gasteiger partial charge is 0.317 e. The van der Waals surface area contributed by atoms with E-state index in [9.17, 15) is 4.79 Å². The molecule has 1 atom stereocenters. The molecule has 0 unspecified atom stereocenters. The van der Waals surface area contributed by atoms with Crippen molar-refractivity contribution in [3.63, 3.8) is 0 Å². The molecular weight excluding hydrogens is 214 g/mol. The van der Waals surface area contributed by atoms with Gasteiger partial charge in [0.2, 0.25) is 0 Å². The minimum atomic E-state index is 0.00236. The van der Waals surface area contributed by atoms with Crippen LogP contribution in [0.3, 0.4) is 0 Å². The number of amides is 2. The maximum atomic E-state index is 11.9. The molecule has 17 heavy (non-hydrogen) atoms. The van der Waals surface area contributed by atoms with Gasteiger partial charge in [0.25, 0.3) is 0 Å². The Balaban J connectivity index is 1.80. The van der Waals surface area contributed by atoms with Crippen LogP contribution in [0.1, 0.15) is 12.0 Å². The fraction of sp³-hybridized carbons (Fsp3) is 0.462. The molecule has 0 aromatic heterocycles. The summed E-state index contributed by atoms with van der Waals surface area (Å²) in [5.41, 5.74) is 1.12. The summed E-state index contributed by atoms with van der Waals surface area (Å²) in [4.78, 5) is 13.7. The van der Waals surface area contributed by atoms with Gasteiger partial charge in [-0.25, -0.2) is 4.79 Å². The van der Waals surface area contributed by atoms with Crippen molar-refractivity contribution in [2.24, 2.45) is 0 Å². The molecule has 1 saturated heterocycles. The number of carbonyl (C=O) groups excluding carboxylic acids is 1. The summed E-state index contributed by atoms with van der Waals surface area (Å²) in [6.07, 6.45) is 1.04. The fourth-order valence-electron chi connectivity index (χ4n) is 2.03. The summed E-state index contributed by atoms with van der Waals surface area (Å²) < 4.78 is 0. The van der Waals surface area contributed by atoms with Crippen molar-refractivity contribution in [2.75, 3.05) is 20.1 Å². The minimum Gasteiger partial charge on any atom is -0.334 e. The van der Waals surface area contributed by atoms with Crippen LogP contribution in [-0.4, -0.2) is 37.1 Å². The summed E-state index contributed by atoms with van der Waals surface area (Å²) >= 11 is 0. The van der Waals surface area contributed by atoms with Gasteiger partial charge in [0.05, 0.1) is 0 Å². The molecule has 1 fully saturated rings. The number of nitrogens with one attached hydrogen (secondary N) is 2. The number of rotatable bonds is 3. The van der Waals surface area contributed by atoms with Gasteiger partial charge >= 0.3 is 6.03 Å². The second-order valence-corrected chi connectivity index (χ2v) is 4.40. The maximum absolute atomic E-state index is 11.9.